The number of benzene rings is 1. The molecule has 1 unspecified atom stereocenters. The number of likely N-dealkylation sites (N-methyl/N-ethyl adjacent to an activating group) is 1. The fourth-order valence-electron chi connectivity index (χ4n) is 1.97. The minimum Gasteiger partial charge on any atom is -0.311 e. The molecule has 0 aliphatic carbocycles. The zero-order valence-corrected chi connectivity index (χ0v) is 11.8. The summed E-state index contributed by atoms with van der Waals surface area (Å²) in [5.74, 6) is 0. The van der Waals surface area contributed by atoms with E-state index in [4.69, 9.17) is 0 Å². The van der Waals surface area contributed by atoms with E-state index < -0.39 is 0 Å². The summed E-state index contributed by atoms with van der Waals surface area (Å²) in [4.78, 5) is 3.68. The summed E-state index contributed by atoms with van der Waals surface area (Å²) in [5.41, 5.74) is 1.33. The summed E-state index contributed by atoms with van der Waals surface area (Å²) < 4.78 is 0. The predicted octanol–water partition coefficient (Wildman–Crippen LogP) is 3.14. The molecule has 0 bridgehead atoms. The third kappa shape index (κ3) is 3.67. The van der Waals surface area contributed by atoms with Gasteiger partial charge >= 0.3 is 0 Å². The van der Waals surface area contributed by atoms with Crippen molar-refractivity contribution in [2.75, 3.05) is 20.6 Å². The minimum atomic E-state index is 0.453. The quantitative estimate of drug-likeness (QED) is 0.858. The highest BCUT2D eigenvalue weighted by Gasteiger charge is 2.14. The molecule has 1 aromatic carbocycles. The van der Waals surface area contributed by atoms with E-state index in [1.165, 1.54) is 10.4 Å². The van der Waals surface area contributed by atoms with E-state index >= 15 is 0 Å². The third-order valence-corrected chi connectivity index (χ3v) is 3.98. The topological polar surface area (TPSA) is 15.3 Å². The Balaban J connectivity index is 1.87. The van der Waals surface area contributed by atoms with Gasteiger partial charge in [0.1, 0.15) is 0 Å². The molecule has 0 aliphatic rings. The molecule has 2 rings (SSSR count). The average Bonchev–Trinajstić information content (AvgIpc) is 2.89. The summed E-state index contributed by atoms with van der Waals surface area (Å²) in [6.45, 7) is 1.90. The van der Waals surface area contributed by atoms with Crippen LogP contribution in [0.25, 0.3) is 0 Å². The minimum absolute atomic E-state index is 0.453. The van der Waals surface area contributed by atoms with Crippen molar-refractivity contribution in [1.82, 2.24) is 10.2 Å². The van der Waals surface area contributed by atoms with Crippen LogP contribution < -0.4 is 5.32 Å². The number of rotatable bonds is 6. The molecule has 1 heterocycles. The maximum Gasteiger partial charge on any atom is 0.0561 e. The van der Waals surface area contributed by atoms with Crippen LogP contribution in [-0.4, -0.2) is 25.5 Å². The molecule has 2 nitrogen and oxygen atoms in total. The number of thiophene rings is 1. The molecule has 96 valence electrons. The van der Waals surface area contributed by atoms with Crippen LogP contribution in [0.4, 0.5) is 0 Å². The summed E-state index contributed by atoms with van der Waals surface area (Å²) >= 11 is 1.82. The van der Waals surface area contributed by atoms with E-state index in [-0.39, 0.29) is 0 Å². The molecule has 0 aliphatic heterocycles. The van der Waals surface area contributed by atoms with Crippen molar-refractivity contribution in [1.29, 1.82) is 0 Å². The van der Waals surface area contributed by atoms with Gasteiger partial charge in [0.25, 0.3) is 0 Å². The van der Waals surface area contributed by atoms with Crippen LogP contribution in [0.15, 0.2) is 47.8 Å². The van der Waals surface area contributed by atoms with Crippen molar-refractivity contribution in [3.63, 3.8) is 0 Å². The van der Waals surface area contributed by atoms with Gasteiger partial charge in [-0.15, -0.1) is 11.3 Å². The van der Waals surface area contributed by atoms with Crippen molar-refractivity contribution in [3.8, 4) is 0 Å². The predicted molar refractivity (Wildman–Crippen MR) is 78.9 cm³/mol. The maximum atomic E-state index is 3.54. The van der Waals surface area contributed by atoms with Gasteiger partial charge in [0.15, 0.2) is 0 Å². The second kappa shape index (κ2) is 6.69. The first-order chi connectivity index (χ1) is 8.77. The van der Waals surface area contributed by atoms with Gasteiger partial charge in [-0.2, -0.15) is 0 Å². The Kier molecular flexibility index (Phi) is 4.93. The molecule has 1 N–H and O–H groups in total. The fourth-order valence-corrected chi connectivity index (χ4v) is 2.89. The van der Waals surface area contributed by atoms with Crippen LogP contribution in [0, 0.1) is 0 Å². The van der Waals surface area contributed by atoms with Crippen molar-refractivity contribution >= 4 is 11.3 Å². The Hall–Kier alpha value is -1.16. The first kappa shape index (κ1) is 13.3. The van der Waals surface area contributed by atoms with E-state index in [1.54, 1.807) is 0 Å². The highest BCUT2D eigenvalue weighted by molar-refractivity contribution is 7.10. The van der Waals surface area contributed by atoms with Crippen molar-refractivity contribution < 1.29 is 0 Å². The van der Waals surface area contributed by atoms with E-state index in [2.05, 4.69) is 72.2 Å². The summed E-state index contributed by atoms with van der Waals surface area (Å²) in [6.07, 6.45) is 0. The molecule has 0 radical (unpaired) electrons. The first-order valence-electron chi connectivity index (χ1n) is 6.22. The summed E-state index contributed by atoms with van der Waals surface area (Å²) in [7, 11) is 4.27. The van der Waals surface area contributed by atoms with Gasteiger partial charge in [-0.05, 0) is 31.1 Å². The van der Waals surface area contributed by atoms with E-state index in [0.717, 1.165) is 13.1 Å². The lowest BCUT2D eigenvalue weighted by atomic mass is 10.2. The van der Waals surface area contributed by atoms with E-state index in [0.29, 0.717) is 6.04 Å². The normalized spacial score (nSPS) is 12.8. The van der Waals surface area contributed by atoms with Gasteiger partial charge in [-0.1, -0.05) is 36.4 Å². The summed E-state index contributed by atoms with van der Waals surface area (Å²) in [6, 6.07) is 15.3. The van der Waals surface area contributed by atoms with Gasteiger partial charge in [0.2, 0.25) is 0 Å². The molecule has 0 fully saturated rings. The average molecular weight is 260 g/mol. The van der Waals surface area contributed by atoms with Crippen LogP contribution in [0.3, 0.4) is 0 Å². The molecule has 1 aromatic heterocycles. The number of nitrogens with one attached hydrogen (secondary N) is 1. The molecule has 3 heteroatoms. The molecular formula is C15H20N2S. The van der Waals surface area contributed by atoms with Gasteiger partial charge in [-0.25, -0.2) is 0 Å². The van der Waals surface area contributed by atoms with Crippen molar-refractivity contribution in [3.05, 3.63) is 58.3 Å². The number of hydrogen-bond donors (Lipinski definition) is 1. The lowest BCUT2D eigenvalue weighted by molar-refractivity contribution is 0.292. The Morgan fingerprint density at radius 1 is 1.11 bits per heavy atom. The third-order valence-electron chi connectivity index (χ3n) is 3.00. The highest BCUT2D eigenvalue weighted by atomic mass is 32.1. The largest absolute Gasteiger partial charge is 0.311 e. The number of nitrogens with zero attached hydrogens (tertiary/aromatic N) is 1. The first-order valence-corrected chi connectivity index (χ1v) is 7.10. The Morgan fingerprint density at radius 2 is 1.89 bits per heavy atom. The summed E-state index contributed by atoms with van der Waals surface area (Å²) in [5, 5.41) is 5.68. The van der Waals surface area contributed by atoms with E-state index in [9.17, 15) is 0 Å². The van der Waals surface area contributed by atoms with Crippen molar-refractivity contribution in [2.45, 2.75) is 12.6 Å². The second-order valence-corrected chi connectivity index (χ2v) is 5.59. The smallest absolute Gasteiger partial charge is 0.0561 e. The standard InChI is InChI=1S/C15H20N2S/c1-17(2)14(15-9-6-10-18-15)12-16-11-13-7-4-3-5-8-13/h3-10,14,16H,11-12H2,1-2H3. The van der Waals surface area contributed by atoms with Gasteiger partial charge in [-0.3, -0.25) is 0 Å². The SMILES string of the molecule is CN(C)C(CNCc1ccccc1)c1cccs1. The van der Waals surface area contributed by atoms with E-state index in [1.807, 2.05) is 11.3 Å². The lowest BCUT2D eigenvalue weighted by Gasteiger charge is -2.23. The highest BCUT2D eigenvalue weighted by Crippen LogP contribution is 2.22. The van der Waals surface area contributed by atoms with Crippen LogP contribution in [-0.2, 0) is 6.54 Å². The lowest BCUT2D eigenvalue weighted by Crippen LogP contribution is -2.30. The molecule has 2 aromatic rings. The van der Waals surface area contributed by atoms with Crippen LogP contribution in [0.5, 0.6) is 0 Å². The van der Waals surface area contributed by atoms with Crippen LogP contribution in [0.1, 0.15) is 16.5 Å². The fraction of sp³-hybridized carbons (Fsp3) is 0.333. The molecule has 0 spiro atoms. The number of hydrogen-bond acceptors (Lipinski definition) is 3. The van der Waals surface area contributed by atoms with Crippen molar-refractivity contribution in [2.24, 2.45) is 0 Å². The molecule has 18 heavy (non-hydrogen) atoms. The van der Waals surface area contributed by atoms with Crippen LogP contribution >= 0.6 is 11.3 Å². The Labute approximate surface area is 113 Å². The molecule has 0 saturated heterocycles. The van der Waals surface area contributed by atoms with Gasteiger partial charge in [0.05, 0.1) is 6.04 Å². The molecule has 1 atom stereocenters. The Morgan fingerprint density at radius 3 is 2.50 bits per heavy atom. The maximum absolute atomic E-state index is 3.54. The van der Waals surface area contributed by atoms with Gasteiger partial charge in [0, 0.05) is 18.0 Å². The molecular weight excluding hydrogens is 240 g/mol. The zero-order valence-electron chi connectivity index (χ0n) is 11.0. The van der Waals surface area contributed by atoms with Crippen LogP contribution in [0.2, 0.25) is 0 Å². The zero-order chi connectivity index (χ0) is 12.8. The Bertz CT molecular complexity index is 437. The van der Waals surface area contributed by atoms with Gasteiger partial charge < -0.3 is 10.2 Å². The molecule has 0 saturated carbocycles. The second-order valence-electron chi connectivity index (χ2n) is 4.61. The molecule has 0 amide bonds. The monoisotopic (exact) mass is 260 g/mol.